The fraction of sp³-hybridized carbons (Fsp3) is 0.976. The summed E-state index contributed by atoms with van der Waals surface area (Å²) < 4.78 is 24.8. The van der Waals surface area contributed by atoms with E-state index in [9.17, 15) is 15.0 Å². The van der Waals surface area contributed by atoms with Crippen molar-refractivity contribution in [1.29, 1.82) is 0 Å². The quantitative estimate of drug-likeness (QED) is 0.299. The first-order chi connectivity index (χ1) is 24.5. The molecule has 8 aliphatic rings. The predicted octanol–water partition coefficient (Wildman–Crippen LogP) is 5.09. The molecular weight excluding hydrogens is 658 g/mol. The largest absolute Gasteiger partial charge is 0.446 e. The minimum atomic E-state index is -1.03. The molecule has 0 aromatic heterocycles. The molecular formula is C42H71N3O7. The number of rotatable bonds is 9. The summed E-state index contributed by atoms with van der Waals surface area (Å²) in [7, 11) is 0. The van der Waals surface area contributed by atoms with Crippen LogP contribution >= 0.6 is 0 Å². The fourth-order valence-electron chi connectivity index (χ4n) is 14.9. The monoisotopic (exact) mass is 730 g/mol. The lowest BCUT2D eigenvalue weighted by molar-refractivity contribution is -0.215. The SMILES string of the molecule is CCO[C@@H](C1C[C@@H](C)[C@H]2C(O1)[C@H](O)[C@@]1(C)[C@H]3CC[C@H]4C(C)(C)[C@@H](OC(=O)NCCN5CCN(C6COC6)CC5)CC[C@@]45C[C@@]35CC[C@]21C)C(C)(C)O. The van der Waals surface area contributed by atoms with Gasteiger partial charge in [-0.25, -0.2) is 4.79 Å². The smallest absolute Gasteiger partial charge is 0.407 e. The van der Waals surface area contributed by atoms with Crippen molar-refractivity contribution in [3.63, 3.8) is 0 Å². The number of alkyl carbamates (subject to hydrolysis) is 1. The van der Waals surface area contributed by atoms with Crippen LogP contribution in [-0.4, -0.2) is 127 Å². The lowest BCUT2D eigenvalue weighted by Crippen LogP contribution is -2.60. The maximum absolute atomic E-state index is 13.2. The van der Waals surface area contributed by atoms with E-state index in [4.69, 9.17) is 18.9 Å². The minimum absolute atomic E-state index is 0.0170. The van der Waals surface area contributed by atoms with Gasteiger partial charge in [-0.1, -0.05) is 34.6 Å². The standard InChI is InChI=1S/C42H71N3O7/c1-9-50-35(38(5,6)48)28-22-26(2)32-33(51-28)34(46)40(8)30-11-10-29-37(3,4)31(12-13-41(29)25-42(30,41)15-14-39(32,40)7)52-36(47)43-16-17-44-18-20-45(21-19-44)27-23-49-24-27/h26-35,46,48H,9-25H2,1-8H3,(H,43,47)/t26-,28?,29+,30-,31+,32+,33?,34+,35+,39-,40-,41-,42+/m1/s1. The van der Waals surface area contributed by atoms with Crippen LogP contribution in [0.25, 0.3) is 0 Å². The number of hydrogen-bond donors (Lipinski definition) is 3. The van der Waals surface area contributed by atoms with Crippen LogP contribution in [-0.2, 0) is 18.9 Å². The molecule has 0 radical (unpaired) electrons. The van der Waals surface area contributed by atoms with Crippen LogP contribution in [0.1, 0.15) is 107 Å². The Kier molecular flexibility index (Phi) is 9.49. The van der Waals surface area contributed by atoms with Crippen molar-refractivity contribution in [2.45, 2.75) is 149 Å². The van der Waals surface area contributed by atoms with E-state index < -0.39 is 17.8 Å². The molecule has 5 aliphatic carbocycles. The molecule has 3 N–H and O–H groups in total. The molecule has 5 saturated carbocycles. The highest BCUT2D eigenvalue weighted by Crippen LogP contribution is 2.89. The lowest BCUT2D eigenvalue weighted by atomic mass is 9.41. The van der Waals surface area contributed by atoms with Gasteiger partial charge < -0.3 is 34.5 Å². The predicted molar refractivity (Wildman–Crippen MR) is 199 cm³/mol. The Labute approximate surface area is 313 Å². The lowest BCUT2D eigenvalue weighted by Gasteiger charge is -2.63. The van der Waals surface area contributed by atoms with Gasteiger partial charge in [-0.2, -0.15) is 0 Å². The molecule has 1 amide bonds. The van der Waals surface area contributed by atoms with Gasteiger partial charge in [0, 0.05) is 56.7 Å². The number of piperazine rings is 1. The summed E-state index contributed by atoms with van der Waals surface area (Å²) in [6.07, 6.45) is 6.87. The molecule has 52 heavy (non-hydrogen) atoms. The Morgan fingerprint density at radius 2 is 1.69 bits per heavy atom. The second-order valence-electron chi connectivity index (χ2n) is 20.5. The number of aliphatic hydroxyl groups excluding tert-OH is 1. The third-order valence-corrected chi connectivity index (χ3v) is 17.6. The summed E-state index contributed by atoms with van der Waals surface area (Å²) in [5.74, 6) is 1.60. The Balaban J connectivity index is 0.922. The van der Waals surface area contributed by atoms with E-state index >= 15 is 0 Å². The maximum Gasteiger partial charge on any atom is 0.407 e. The summed E-state index contributed by atoms with van der Waals surface area (Å²) in [5, 5.41) is 26.8. The summed E-state index contributed by atoms with van der Waals surface area (Å²) in [5.41, 5.74) is -0.899. The number of amides is 1. The second kappa shape index (κ2) is 13.0. The van der Waals surface area contributed by atoms with Crippen LogP contribution in [0.5, 0.6) is 0 Å². The summed E-state index contributed by atoms with van der Waals surface area (Å²) in [4.78, 5) is 18.2. The molecule has 0 bridgehead atoms. The average Bonchev–Trinajstić information content (AvgIpc) is 3.69. The van der Waals surface area contributed by atoms with Gasteiger partial charge in [-0.3, -0.25) is 9.80 Å². The van der Waals surface area contributed by atoms with Crippen LogP contribution in [0.4, 0.5) is 4.79 Å². The van der Waals surface area contributed by atoms with Gasteiger partial charge in [-0.15, -0.1) is 0 Å². The zero-order chi connectivity index (χ0) is 37.1. The van der Waals surface area contributed by atoms with E-state index in [2.05, 4.69) is 49.7 Å². The van der Waals surface area contributed by atoms with Gasteiger partial charge in [0.1, 0.15) is 12.2 Å². The molecule has 0 aromatic carbocycles. The average molecular weight is 730 g/mol. The van der Waals surface area contributed by atoms with E-state index in [0.29, 0.717) is 36.9 Å². The zero-order valence-corrected chi connectivity index (χ0v) is 33.6. The van der Waals surface area contributed by atoms with Crippen molar-refractivity contribution in [2.24, 2.45) is 50.7 Å². The summed E-state index contributed by atoms with van der Waals surface area (Å²) in [6, 6.07) is 0.598. The Bertz CT molecular complexity index is 1340. The minimum Gasteiger partial charge on any atom is -0.446 e. The van der Waals surface area contributed by atoms with Crippen molar-refractivity contribution in [1.82, 2.24) is 15.1 Å². The number of fused-ring (bicyclic) bond motifs is 4. The molecule has 10 heteroatoms. The molecule has 296 valence electrons. The van der Waals surface area contributed by atoms with Crippen molar-refractivity contribution in [2.75, 3.05) is 59.1 Å². The number of carbonyl (C=O) groups excluding carboxylic acids is 1. The molecule has 2 unspecified atom stereocenters. The van der Waals surface area contributed by atoms with E-state index in [1.807, 2.05) is 20.8 Å². The van der Waals surface area contributed by atoms with Gasteiger partial charge in [0.15, 0.2) is 0 Å². The third kappa shape index (κ3) is 5.44. The van der Waals surface area contributed by atoms with Crippen LogP contribution in [0.3, 0.4) is 0 Å². The molecule has 8 rings (SSSR count). The van der Waals surface area contributed by atoms with E-state index in [-0.39, 0.29) is 57.4 Å². The first kappa shape index (κ1) is 37.9. The van der Waals surface area contributed by atoms with Crippen molar-refractivity contribution < 1.29 is 34.0 Å². The molecule has 3 saturated heterocycles. The van der Waals surface area contributed by atoms with Crippen molar-refractivity contribution >= 4 is 6.09 Å². The van der Waals surface area contributed by atoms with Gasteiger partial charge in [0.2, 0.25) is 0 Å². The number of hydrogen-bond acceptors (Lipinski definition) is 9. The van der Waals surface area contributed by atoms with Gasteiger partial charge >= 0.3 is 6.09 Å². The number of aliphatic hydroxyl groups is 2. The van der Waals surface area contributed by atoms with Gasteiger partial charge in [-0.05, 0) is 112 Å². The molecule has 8 fully saturated rings. The van der Waals surface area contributed by atoms with E-state index in [1.165, 1.54) is 12.8 Å². The van der Waals surface area contributed by atoms with Gasteiger partial charge in [0.25, 0.3) is 0 Å². The number of nitrogens with one attached hydrogen (secondary N) is 1. The number of nitrogens with zero attached hydrogens (tertiary/aromatic N) is 2. The first-order valence-electron chi connectivity index (χ1n) is 21.2. The molecule has 2 spiro atoms. The molecule has 0 aromatic rings. The topological polar surface area (TPSA) is 113 Å². The normalized spacial score (nSPS) is 47.9. The Hall–Kier alpha value is -1.01. The van der Waals surface area contributed by atoms with Gasteiger partial charge in [0.05, 0.1) is 43.2 Å². The maximum atomic E-state index is 13.2. The molecule has 3 aliphatic heterocycles. The van der Waals surface area contributed by atoms with Crippen LogP contribution in [0, 0.1) is 50.7 Å². The van der Waals surface area contributed by atoms with Crippen LogP contribution in [0.2, 0.25) is 0 Å². The van der Waals surface area contributed by atoms with Crippen LogP contribution in [0.15, 0.2) is 0 Å². The summed E-state index contributed by atoms with van der Waals surface area (Å²) in [6.45, 7) is 25.6. The Morgan fingerprint density at radius 1 is 1.00 bits per heavy atom. The van der Waals surface area contributed by atoms with Crippen LogP contribution < -0.4 is 5.32 Å². The second-order valence-corrected chi connectivity index (χ2v) is 20.5. The zero-order valence-electron chi connectivity index (χ0n) is 33.6. The van der Waals surface area contributed by atoms with E-state index in [1.54, 1.807) is 0 Å². The first-order valence-corrected chi connectivity index (χ1v) is 21.2. The molecule has 3 heterocycles. The highest BCUT2D eigenvalue weighted by molar-refractivity contribution is 5.67. The molecule has 13 atom stereocenters. The highest BCUT2D eigenvalue weighted by atomic mass is 16.6. The summed E-state index contributed by atoms with van der Waals surface area (Å²) >= 11 is 0. The fourth-order valence-corrected chi connectivity index (χ4v) is 14.9. The number of ether oxygens (including phenoxy) is 4. The van der Waals surface area contributed by atoms with Crippen molar-refractivity contribution in [3.05, 3.63) is 0 Å². The third-order valence-electron chi connectivity index (χ3n) is 17.6. The molecule has 10 nitrogen and oxygen atoms in total. The van der Waals surface area contributed by atoms with Crippen molar-refractivity contribution in [3.8, 4) is 0 Å². The van der Waals surface area contributed by atoms with E-state index in [0.717, 1.165) is 84.5 Å². The highest BCUT2D eigenvalue weighted by Gasteiger charge is 2.84. The number of carbonyl (C=O) groups is 1. The Morgan fingerprint density at radius 3 is 2.35 bits per heavy atom.